The molecule has 2 saturated heterocycles. The Kier molecular flexibility index (Phi) is 7.81. The topological polar surface area (TPSA) is 61.4 Å². The molecule has 1 N–H and O–H groups in total. The van der Waals surface area contributed by atoms with Crippen LogP contribution in [0.3, 0.4) is 0 Å². The Balaban J connectivity index is 1.26. The van der Waals surface area contributed by atoms with E-state index in [9.17, 15) is 4.79 Å². The molecule has 0 unspecified atom stereocenters. The first kappa shape index (κ1) is 22.1. The summed E-state index contributed by atoms with van der Waals surface area (Å²) < 4.78 is 0. The fourth-order valence-corrected chi connectivity index (χ4v) is 5.29. The lowest BCUT2D eigenvalue weighted by Gasteiger charge is -2.34. The molecule has 1 aromatic carbocycles. The fourth-order valence-electron chi connectivity index (χ4n) is 4.48. The average Bonchev–Trinajstić information content (AvgIpc) is 3.05. The van der Waals surface area contributed by atoms with Crippen molar-refractivity contribution >= 4 is 23.5 Å². The van der Waals surface area contributed by atoms with Crippen LogP contribution in [-0.4, -0.2) is 58.5 Å². The smallest absolute Gasteiger partial charge is 0.321 e. The number of hydrogen-bond donors (Lipinski definition) is 1. The normalized spacial score (nSPS) is 18.5. The molecule has 2 aromatic rings. The second-order valence-electron chi connectivity index (χ2n) is 8.69. The van der Waals surface area contributed by atoms with Gasteiger partial charge in [0, 0.05) is 42.6 Å². The van der Waals surface area contributed by atoms with Crippen LogP contribution < -0.4 is 5.32 Å². The van der Waals surface area contributed by atoms with Crippen molar-refractivity contribution in [1.82, 2.24) is 19.8 Å². The number of aromatic nitrogens is 2. The molecule has 0 saturated carbocycles. The van der Waals surface area contributed by atoms with E-state index < -0.39 is 0 Å². The van der Waals surface area contributed by atoms with Gasteiger partial charge in [-0.1, -0.05) is 12.8 Å². The summed E-state index contributed by atoms with van der Waals surface area (Å²) in [6.45, 7) is 7.44. The van der Waals surface area contributed by atoms with Crippen LogP contribution in [0.1, 0.15) is 44.1 Å². The van der Waals surface area contributed by atoms with Gasteiger partial charge in [-0.2, -0.15) is 0 Å². The summed E-state index contributed by atoms with van der Waals surface area (Å²) in [5.41, 5.74) is 1.92. The number of amides is 2. The highest BCUT2D eigenvalue weighted by atomic mass is 32.2. The molecule has 166 valence electrons. The maximum Gasteiger partial charge on any atom is 0.321 e. The molecule has 0 spiro atoms. The van der Waals surface area contributed by atoms with Crippen molar-refractivity contribution in [3.05, 3.63) is 42.2 Å². The Labute approximate surface area is 189 Å². The summed E-state index contributed by atoms with van der Waals surface area (Å²) in [5, 5.41) is 3.84. The first-order valence-electron chi connectivity index (χ1n) is 11.5. The highest BCUT2D eigenvalue weighted by molar-refractivity contribution is 7.99. The fraction of sp³-hybridized carbons (Fsp3) is 0.542. The number of anilines is 1. The number of hydrogen-bond acceptors (Lipinski definition) is 5. The zero-order valence-electron chi connectivity index (χ0n) is 18.4. The van der Waals surface area contributed by atoms with Gasteiger partial charge < -0.3 is 15.1 Å². The Bertz CT molecular complexity index is 846. The van der Waals surface area contributed by atoms with Crippen molar-refractivity contribution in [2.75, 3.05) is 38.0 Å². The summed E-state index contributed by atoms with van der Waals surface area (Å²) in [6.07, 6.45) is 11.2. The largest absolute Gasteiger partial charge is 0.325 e. The maximum absolute atomic E-state index is 12.8. The lowest BCUT2D eigenvalue weighted by molar-refractivity contribution is 0.155. The van der Waals surface area contributed by atoms with Gasteiger partial charge in [0.15, 0.2) is 5.16 Å². The highest BCUT2D eigenvalue weighted by Gasteiger charge is 2.25. The minimum atomic E-state index is 0.0168. The van der Waals surface area contributed by atoms with Crippen molar-refractivity contribution in [2.45, 2.75) is 55.5 Å². The van der Waals surface area contributed by atoms with E-state index in [1.54, 1.807) is 12.4 Å². The molecule has 2 aliphatic heterocycles. The molecule has 0 aliphatic carbocycles. The summed E-state index contributed by atoms with van der Waals surface area (Å²) in [5.74, 6) is 0.723. The number of nitrogens with zero attached hydrogens (tertiary/aromatic N) is 4. The molecule has 0 radical (unpaired) electrons. The van der Waals surface area contributed by atoms with Crippen molar-refractivity contribution in [2.24, 2.45) is 5.92 Å². The highest BCUT2D eigenvalue weighted by Crippen LogP contribution is 2.28. The molecule has 2 amide bonds. The molecule has 6 nitrogen and oxygen atoms in total. The van der Waals surface area contributed by atoms with E-state index in [0.29, 0.717) is 0 Å². The standard InChI is InChI=1S/C24H33N5OS/c1-19-17-21(31-23-25-11-6-12-26-23)7-8-22(19)27-24(30)29-15-9-20(10-16-29)18-28-13-4-2-3-5-14-28/h6-8,11-12,17,20H,2-5,9-10,13-16,18H2,1H3,(H,27,30). The van der Waals surface area contributed by atoms with E-state index in [0.717, 1.165) is 53.2 Å². The number of benzene rings is 1. The number of carbonyl (C=O) groups is 1. The van der Waals surface area contributed by atoms with E-state index in [2.05, 4.69) is 26.3 Å². The third kappa shape index (κ3) is 6.43. The zero-order valence-corrected chi connectivity index (χ0v) is 19.2. The summed E-state index contributed by atoms with van der Waals surface area (Å²) in [4.78, 5) is 27.0. The molecule has 2 aliphatic rings. The minimum absolute atomic E-state index is 0.0168. The maximum atomic E-state index is 12.8. The van der Waals surface area contributed by atoms with Crippen molar-refractivity contribution < 1.29 is 4.79 Å². The van der Waals surface area contributed by atoms with Gasteiger partial charge in [0.2, 0.25) is 0 Å². The second-order valence-corrected chi connectivity index (χ2v) is 9.73. The van der Waals surface area contributed by atoms with Crippen molar-refractivity contribution in [3.63, 3.8) is 0 Å². The van der Waals surface area contributed by atoms with Crippen LogP contribution in [0.15, 0.2) is 46.7 Å². The van der Waals surface area contributed by atoms with Crippen LogP contribution in [-0.2, 0) is 0 Å². The van der Waals surface area contributed by atoms with E-state index in [1.165, 1.54) is 57.1 Å². The predicted molar refractivity (Wildman–Crippen MR) is 126 cm³/mol. The third-order valence-corrected chi connectivity index (χ3v) is 7.19. The molecule has 31 heavy (non-hydrogen) atoms. The van der Waals surface area contributed by atoms with Crippen molar-refractivity contribution in [3.8, 4) is 0 Å². The summed E-state index contributed by atoms with van der Waals surface area (Å²) >= 11 is 1.52. The second kappa shape index (κ2) is 11.0. The van der Waals surface area contributed by atoms with Gasteiger partial charge in [0.05, 0.1) is 0 Å². The SMILES string of the molecule is Cc1cc(Sc2ncccn2)ccc1NC(=O)N1CCC(CN2CCCCCC2)CC1. The van der Waals surface area contributed by atoms with Crippen LogP contribution in [0.4, 0.5) is 10.5 Å². The average molecular weight is 440 g/mol. The Morgan fingerprint density at radius 2 is 1.77 bits per heavy atom. The number of carbonyl (C=O) groups excluding carboxylic acids is 1. The van der Waals surface area contributed by atoms with Crippen molar-refractivity contribution in [1.29, 1.82) is 0 Å². The molecule has 0 bridgehead atoms. The van der Waals surface area contributed by atoms with E-state index in [4.69, 9.17) is 0 Å². The lowest BCUT2D eigenvalue weighted by atomic mass is 9.96. The van der Waals surface area contributed by atoms with Gasteiger partial charge in [0.25, 0.3) is 0 Å². The molecule has 2 fully saturated rings. The van der Waals surface area contributed by atoms with Gasteiger partial charge >= 0.3 is 6.03 Å². The zero-order chi connectivity index (χ0) is 21.5. The number of rotatable bonds is 5. The lowest BCUT2D eigenvalue weighted by Crippen LogP contribution is -2.43. The third-order valence-electron chi connectivity index (χ3n) is 6.31. The van der Waals surface area contributed by atoms with Gasteiger partial charge in [0.1, 0.15) is 0 Å². The Hall–Kier alpha value is -2.12. The predicted octanol–water partition coefficient (Wildman–Crippen LogP) is 5.06. The van der Waals surface area contributed by atoms with Gasteiger partial charge in [-0.15, -0.1) is 0 Å². The van der Waals surface area contributed by atoms with Crippen LogP contribution >= 0.6 is 11.8 Å². The number of likely N-dealkylation sites (tertiary alicyclic amines) is 2. The molecule has 7 heteroatoms. The quantitative estimate of drug-likeness (QED) is 0.660. The molecule has 4 rings (SSSR count). The summed E-state index contributed by atoms with van der Waals surface area (Å²) in [7, 11) is 0. The van der Waals surface area contributed by atoms with Gasteiger partial charge in [-0.05, 0) is 93.2 Å². The Morgan fingerprint density at radius 1 is 1.06 bits per heavy atom. The number of piperidine rings is 1. The van der Waals surface area contributed by atoms with E-state index in [1.807, 2.05) is 30.0 Å². The molecule has 1 aromatic heterocycles. The number of aryl methyl sites for hydroxylation is 1. The number of urea groups is 1. The van der Waals surface area contributed by atoms with Crippen LogP contribution in [0.5, 0.6) is 0 Å². The molecule has 0 atom stereocenters. The van der Waals surface area contributed by atoms with E-state index >= 15 is 0 Å². The Morgan fingerprint density at radius 3 is 2.45 bits per heavy atom. The van der Waals surface area contributed by atoms with Gasteiger partial charge in [-0.25, -0.2) is 14.8 Å². The summed E-state index contributed by atoms with van der Waals surface area (Å²) in [6, 6.07) is 7.89. The van der Waals surface area contributed by atoms with Crippen LogP contribution in [0.2, 0.25) is 0 Å². The van der Waals surface area contributed by atoms with Crippen LogP contribution in [0.25, 0.3) is 0 Å². The van der Waals surface area contributed by atoms with Gasteiger partial charge in [-0.3, -0.25) is 0 Å². The minimum Gasteiger partial charge on any atom is -0.325 e. The first-order valence-corrected chi connectivity index (χ1v) is 12.3. The first-order chi connectivity index (χ1) is 15.2. The number of nitrogens with one attached hydrogen (secondary N) is 1. The van der Waals surface area contributed by atoms with Crippen LogP contribution in [0, 0.1) is 12.8 Å². The van der Waals surface area contributed by atoms with E-state index in [-0.39, 0.29) is 6.03 Å². The molecular formula is C24H33N5OS. The molecule has 3 heterocycles. The molecular weight excluding hydrogens is 406 g/mol. The monoisotopic (exact) mass is 439 g/mol.